The van der Waals surface area contributed by atoms with Crippen LogP contribution in [0.2, 0.25) is 0 Å². The van der Waals surface area contributed by atoms with E-state index < -0.39 is 42.3 Å². The standard InChI is InChI=1S/C25H31O9P/c1-25(2,3)34-22(26)12-13-35(29,23(27)18-10-8-16(30-4)14-20(18)32-6)24(28)19-11-9-17(31-5)15-21(19)33-7/h8-11,14-15H,12-13H2,1-7H3. The number of rotatable bonds is 11. The van der Waals surface area contributed by atoms with Crippen LogP contribution in [0.3, 0.4) is 0 Å². The van der Waals surface area contributed by atoms with E-state index in [1.54, 1.807) is 20.8 Å². The first-order chi connectivity index (χ1) is 16.4. The van der Waals surface area contributed by atoms with Gasteiger partial charge in [0.25, 0.3) is 0 Å². The predicted molar refractivity (Wildman–Crippen MR) is 131 cm³/mol. The lowest BCUT2D eigenvalue weighted by Gasteiger charge is -2.21. The highest BCUT2D eigenvalue weighted by atomic mass is 31.2. The van der Waals surface area contributed by atoms with Crippen LogP contribution in [-0.2, 0) is 14.1 Å². The van der Waals surface area contributed by atoms with E-state index in [9.17, 15) is 18.9 Å². The summed E-state index contributed by atoms with van der Waals surface area (Å²) in [5, 5.41) is 0. The Balaban J connectivity index is 2.59. The Bertz CT molecular complexity index is 1080. The van der Waals surface area contributed by atoms with Crippen molar-refractivity contribution in [3.63, 3.8) is 0 Å². The van der Waals surface area contributed by atoms with Crippen molar-refractivity contribution in [2.45, 2.75) is 32.8 Å². The maximum absolute atomic E-state index is 14.2. The van der Waals surface area contributed by atoms with Crippen molar-refractivity contribution < 1.29 is 42.6 Å². The van der Waals surface area contributed by atoms with Crippen molar-refractivity contribution in [1.29, 1.82) is 0 Å². The van der Waals surface area contributed by atoms with E-state index in [1.165, 1.54) is 64.8 Å². The van der Waals surface area contributed by atoms with Gasteiger partial charge in [-0.2, -0.15) is 0 Å². The van der Waals surface area contributed by atoms with Gasteiger partial charge in [0.1, 0.15) is 28.6 Å². The zero-order valence-electron chi connectivity index (χ0n) is 21.0. The molecular weight excluding hydrogens is 475 g/mol. The lowest BCUT2D eigenvalue weighted by Crippen LogP contribution is -2.25. The molecule has 2 rings (SSSR count). The van der Waals surface area contributed by atoms with Gasteiger partial charge in [-0.3, -0.25) is 14.4 Å². The van der Waals surface area contributed by atoms with Crippen LogP contribution in [0, 0.1) is 0 Å². The van der Waals surface area contributed by atoms with Crippen LogP contribution in [0.5, 0.6) is 23.0 Å². The largest absolute Gasteiger partial charge is 0.497 e. The summed E-state index contributed by atoms with van der Waals surface area (Å²) >= 11 is 0. The molecule has 9 nitrogen and oxygen atoms in total. The lowest BCUT2D eigenvalue weighted by atomic mass is 10.2. The summed E-state index contributed by atoms with van der Waals surface area (Å²) in [5.74, 6) is 0.305. The third-order valence-corrected chi connectivity index (χ3v) is 7.63. The fraction of sp³-hybridized carbons (Fsp3) is 0.400. The molecule has 0 unspecified atom stereocenters. The normalized spacial score (nSPS) is 11.4. The Morgan fingerprint density at radius 1 is 0.743 bits per heavy atom. The molecule has 0 radical (unpaired) electrons. The zero-order chi connectivity index (χ0) is 26.4. The van der Waals surface area contributed by atoms with Gasteiger partial charge < -0.3 is 28.2 Å². The summed E-state index contributed by atoms with van der Waals surface area (Å²) in [7, 11) is 1.16. The molecule has 0 aromatic heterocycles. The van der Waals surface area contributed by atoms with Crippen molar-refractivity contribution in [3.05, 3.63) is 47.5 Å². The molecule has 0 spiro atoms. The van der Waals surface area contributed by atoms with Crippen molar-refractivity contribution in [3.8, 4) is 23.0 Å². The van der Waals surface area contributed by atoms with Crippen molar-refractivity contribution in [2.75, 3.05) is 34.6 Å². The molecule has 0 saturated heterocycles. The highest BCUT2D eigenvalue weighted by Crippen LogP contribution is 2.55. The number of carbonyl (C=O) groups is 3. The second-order valence-corrected chi connectivity index (χ2v) is 11.3. The van der Waals surface area contributed by atoms with Gasteiger partial charge in [0, 0.05) is 18.3 Å². The zero-order valence-corrected chi connectivity index (χ0v) is 21.9. The van der Waals surface area contributed by atoms with E-state index >= 15 is 0 Å². The number of methoxy groups -OCH3 is 4. The minimum absolute atomic E-state index is 0.0679. The average molecular weight is 506 g/mol. The quantitative estimate of drug-likeness (QED) is 0.313. The molecule has 35 heavy (non-hydrogen) atoms. The summed E-state index contributed by atoms with van der Waals surface area (Å²) in [5.41, 5.74) is -2.80. The second-order valence-electron chi connectivity index (χ2n) is 8.54. The molecule has 190 valence electrons. The van der Waals surface area contributed by atoms with Gasteiger partial charge in [0.05, 0.1) is 46.0 Å². The van der Waals surface area contributed by atoms with Gasteiger partial charge in [-0.05, 0) is 45.0 Å². The molecule has 0 saturated carbocycles. The minimum atomic E-state index is -4.41. The van der Waals surface area contributed by atoms with Crippen LogP contribution in [0.15, 0.2) is 36.4 Å². The van der Waals surface area contributed by atoms with Gasteiger partial charge in [-0.15, -0.1) is 0 Å². The van der Waals surface area contributed by atoms with E-state index in [0.29, 0.717) is 11.5 Å². The minimum Gasteiger partial charge on any atom is -0.497 e. The number of hydrogen-bond donors (Lipinski definition) is 0. The highest BCUT2D eigenvalue weighted by molar-refractivity contribution is 7.95. The first kappa shape index (κ1) is 27.9. The Kier molecular flexibility index (Phi) is 9.10. The van der Waals surface area contributed by atoms with E-state index in [4.69, 9.17) is 23.7 Å². The summed E-state index contributed by atoms with van der Waals surface area (Å²) in [6.07, 6.45) is -0.924. The van der Waals surface area contributed by atoms with E-state index in [0.717, 1.165) is 0 Å². The molecule has 0 aliphatic rings. The summed E-state index contributed by atoms with van der Waals surface area (Å²) in [6.45, 7) is 5.06. The fourth-order valence-electron chi connectivity index (χ4n) is 3.28. The molecule has 0 bridgehead atoms. The van der Waals surface area contributed by atoms with Crippen molar-refractivity contribution >= 4 is 24.2 Å². The molecular formula is C25H31O9P. The Hall–Kier alpha value is -3.32. The molecule has 0 aliphatic carbocycles. The number of carbonyl (C=O) groups excluding carboxylic acids is 3. The van der Waals surface area contributed by atoms with Gasteiger partial charge in [-0.1, -0.05) is 0 Å². The molecule has 0 amide bonds. The van der Waals surface area contributed by atoms with E-state index in [-0.39, 0.29) is 22.6 Å². The SMILES string of the molecule is COc1ccc(C(=O)P(=O)(CCC(=O)OC(C)(C)C)C(=O)c2ccc(OC)cc2OC)c(OC)c1. The number of ether oxygens (including phenoxy) is 5. The van der Waals surface area contributed by atoms with Gasteiger partial charge >= 0.3 is 5.97 Å². The molecule has 0 atom stereocenters. The van der Waals surface area contributed by atoms with Gasteiger partial charge in [0.2, 0.25) is 18.2 Å². The van der Waals surface area contributed by atoms with Crippen molar-refractivity contribution in [1.82, 2.24) is 0 Å². The van der Waals surface area contributed by atoms with Crippen molar-refractivity contribution in [2.24, 2.45) is 0 Å². The number of esters is 1. The Labute approximate surface area is 205 Å². The summed E-state index contributed by atoms with van der Waals surface area (Å²) in [4.78, 5) is 39.7. The van der Waals surface area contributed by atoms with Crippen LogP contribution < -0.4 is 18.9 Å². The average Bonchev–Trinajstić information content (AvgIpc) is 2.84. The molecule has 2 aromatic carbocycles. The number of hydrogen-bond acceptors (Lipinski definition) is 9. The van der Waals surface area contributed by atoms with E-state index in [2.05, 4.69) is 0 Å². The Morgan fingerprint density at radius 2 is 1.17 bits per heavy atom. The molecule has 2 aromatic rings. The highest BCUT2D eigenvalue weighted by Gasteiger charge is 2.43. The van der Waals surface area contributed by atoms with Crippen LogP contribution in [-0.4, -0.2) is 57.2 Å². The smallest absolute Gasteiger partial charge is 0.306 e. The first-order valence-electron chi connectivity index (χ1n) is 10.7. The molecule has 0 fully saturated rings. The summed E-state index contributed by atoms with van der Waals surface area (Å²) in [6, 6.07) is 8.63. The third kappa shape index (κ3) is 6.63. The van der Waals surface area contributed by atoms with Crippen LogP contribution in [0.1, 0.15) is 47.9 Å². The van der Waals surface area contributed by atoms with Crippen LogP contribution in [0.4, 0.5) is 0 Å². The maximum Gasteiger partial charge on any atom is 0.306 e. The molecule has 0 N–H and O–H groups in total. The van der Waals surface area contributed by atoms with Crippen LogP contribution >= 0.6 is 7.14 Å². The summed E-state index contributed by atoms with van der Waals surface area (Å²) < 4.78 is 40.4. The Morgan fingerprint density at radius 3 is 1.51 bits per heavy atom. The van der Waals surface area contributed by atoms with E-state index in [1.807, 2.05) is 0 Å². The van der Waals surface area contributed by atoms with Gasteiger partial charge in [-0.25, -0.2) is 0 Å². The first-order valence-corrected chi connectivity index (χ1v) is 12.6. The monoisotopic (exact) mass is 506 g/mol. The second kappa shape index (κ2) is 11.4. The molecule has 0 aliphatic heterocycles. The molecule has 0 heterocycles. The molecule has 10 heteroatoms. The predicted octanol–water partition coefficient (Wildman–Crippen LogP) is 4.80. The van der Waals surface area contributed by atoms with Gasteiger partial charge in [0.15, 0.2) is 0 Å². The van der Waals surface area contributed by atoms with Crippen LogP contribution in [0.25, 0.3) is 0 Å². The number of benzene rings is 2. The lowest BCUT2D eigenvalue weighted by molar-refractivity contribution is -0.154. The third-order valence-electron chi connectivity index (χ3n) is 4.99. The fourth-order valence-corrected chi connectivity index (χ4v) is 5.51. The maximum atomic E-state index is 14.2. The topological polar surface area (TPSA) is 114 Å².